The van der Waals surface area contributed by atoms with Crippen molar-refractivity contribution < 1.29 is 17.9 Å². The van der Waals surface area contributed by atoms with Crippen molar-refractivity contribution in [1.82, 2.24) is 9.78 Å². The molecule has 1 aromatic rings. The van der Waals surface area contributed by atoms with Crippen LogP contribution in [0.15, 0.2) is 0 Å². The zero-order valence-corrected chi connectivity index (χ0v) is 13.3. The molecule has 0 N–H and O–H groups in total. The number of hydrogen-bond acceptors (Lipinski definition) is 5. The zero-order chi connectivity index (χ0) is 15.3. The third-order valence-corrected chi connectivity index (χ3v) is 5.08. The smallest absolute Gasteiger partial charge is 0.305 e. The number of esters is 1. The molecule has 0 aliphatic heterocycles. The van der Waals surface area contributed by atoms with Crippen molar-refractivity contribution in [2.45, 2.75) is 40.2 Å². The highest BCUT2D eigenvalue weighted by Crippen LogP contribution is 2.15. The summed E-state index contributed by atoms with van der Waals surface area (Å²) in [4.78, 5) is 11.2. The summed E-state index contributed by atoms with van der Waals surface area (Å²) in [6.45, 7) is 5.75. The molecule has 114 valence electrons. The second kappa shape index (κ2) is 6.88. The van der Waals surface area contributed by atoms with E-state index in [2.05, 4.69) is 9.84 Å². The van der Waals surface area contributed by atoms with Gasteiger partial charge in [0.25, 0.3) is 0 Å². The number of sulfone groups is 1. The van der Waals surface area contributed by atoms with Crippen LogP contribution in [-0.2, 0) is 32.3 Å². The minimum Gasteiger partial charge on any atom is -0.469 e. The molecule has 0 bridgehead atoms. The molecule has 1 heterocycles. The van der Waals surface area contributed by atoms with Crippen molar-refractivity contribution in [3.63, 3.8) is 0 Å². The van der Waals surface area contributed by atoms with Gasteiger partial charge in [-0.3, -0.25) is 9.48 Å². The van der Waals surface area contributed by atoms with Crippen LogP contribution in [0.5, 0.6) is 0 Å². The Morgan fingerprint density at radius 3 is 2.55 bits per heavy atom. The first-order chi connectivity index (χ1) is 9.30. The van der Waals surface area contributed by atoms with Crippen LogP contribution in [0.1, 0.15) is 30.3 Å². The van der Waals surface area contributed by atoms with Gasteiger partial charge in [-0.05, 0) is 25.8 Å². The summed E-state index contributed by atoms with van der Waals surface area (Å²) in [7, 11) is -1.64. The minimum absolute atomic E-state index is 0.0852. The van der Waals surface area contributed by atoms with Crippen molar-refractivity contribution in [2.24, 2.45) is 0 Å². The van der Waals surface area contributed by atoms with Gasteiger partial charge < -0.3 is 4.74 Å². The van der Waals surface area contributed by atoms with Gasteiger partial charge in [0.1, 0.15) is 0 Å². The summed E-state index contributed by atoms with van der Waals surface area (Å²) in [5, 5.41) is 4.35. The highest BCUT2D eigenvalue weighted by atomic mass is 32.2. The van der Waals surface area contributed by atoms with Gasteiger partial charge in [-0.15, -0.1) is 0 Å². The molecule has 1 aromatic heterocycles. The Morgan fingerprint density at radius 1 is 1.35 bits per heavy atom. The molecule has 6 nitrogen and oxygen atoms in total. The Hall–Kier alpha value is -1.37. The van der Waals surface area contributed by atoms with Gasteiger partial charge in [-0.1, -0.05) is 6.92 Å². The fourth-order valence-electron chi connectivity index (χ4n) is 2.01. The SMILES string of the molecule is CCS(=O)(=O)CCn1nc(C)c(CCC(=O)OC)c1C. The van der Waals surface area contributed by atoms with E-state index in [1.165, 1.54) is 7.11 Å². The Kier molecular flexibility index (Phi) is 5.74. The lowest BCUT2D eigenvalue weighted by atomic mass is 10.1. The lowest BCUT2D eigenvalue weighted by molar-refractivity contribution is -0.140. The largest absolute Gasteiger partial charge is 0.469 e. The van der Waals surface area contributed by atoms with Crippen LogP contribution in [0.4, 0.5) is 0 Å². The van der Waals surface area contributed by atoms with Gasteiger partial charge in [0.2, 0.25) is 0 Å². The molecule has 1 rings (SSSR count). The molecular weight excluding hydrogens is 280 g/mol. The van der Waals surface area contributed by atoms with E-state index in [4.69, 9.17) is 0 Å². The van der Waals surface area contributed by atoms with Gasteiger partial charge in [0, 0.05) is 17.9 Å². The van der Waals surface area contributed by atoms with Gasteiger partial charge in [0.15, 0.2) is 9.84 Å². The van der Waals surface area contributed by atoms with E-state index in [9.17, 15) is 13.2 Å². The van der Waals surface area contributed by atoms with E-state index >= 15 is 0 Å². The molecule has 0 aliphatic rings. The van der Waals surface area contributed by atoms with Gasteiger partial charge >= 0.3 is 5.97 Å². The van der Waals surface area contributed by atoms with Crippen molar-refractivity contribution in [3.8, 4) is 0 Å². The highest BCUT2D eigenvalue weighted by Gasteiger charge is 2.15. The minimum atomic E-state index is -3.00. The Morgan fingerprint density at radius 2 is 2.00 bits per heavy atom. The molecule has 0 unspecified atom stereocenters. The number of aromatic nitrogens is 2. The average molecular weight is 302 g/mol. The summed E-state index contributed by atoms with van der Waals surface area (Å²) in [6.07, 6.45) is 0.863. The van der Waals surface area contributed by atoms with Crippen LogP contribution in [0.3, 0.4) is 0 Å². The number of ether oxygens (including phenoxy) is 1. The lowest BCUT2D eigenvalue weighted by Crippen LogP contribution is -2.16. The number of carbonyl (C=O) groups excluding carboxylic acids is 1. The molecule has 0 aromatic carbocycles. The van der Waals surface area contributed by atoms with E-state index < -0.39 is 9.84 Å². The fraction of sp³-hybridized carbons (Fsp3) is 0.692. The summed E-state index contributed by atoms with van der Waals surface area (Å²) in [5.41, 5.74) is 2.74. The van der Waals surface area contributed by atoms with E-state index in [1.54, 1.807) is 11.6 Å². The normalized spacial score (nSPS) is 11.6. The van der Waals surface area contributed by atoms with Gasteiger partial charge in [-0.2, -0.15) is 5.10 Å². The second-order valence-corrected chi connectivity index (χ2v) is 7.16. The van der Waals surface area contributed by atoms with E-state index in [0.717, 1.165) is 17.0 Å². The molecule has 0 radical (unpaired) electrons. The molecular formula is C13H22N2O4S. The number of rotatable bonds is 7. The molecule has 0 amide bonds. The van der Waals surface area contributed by atoms with E-state index in [0.29, 0.717) is 19.4 Å². The molecule has 0 fully saturated rings. The number of nitrogens with zero attached hydrogens (tertiary/aromatic N) is 2. The Balaban J connectivity index is 2.78. The van der Waals surface area contributed by atoms with Crippen molar-refractivity contribution in [2.75, 3.05) is 18.6 Å². The quantitative estimate of drug-likeness (QED) is 0.703. The molecule has 0 aliphatic carbocycles. The van der Waals surface area contributed by atoms with E-state index in [1.807, 2.05) is 13.8 Å². The molecule has 0 atom stereocenters. The van der Waals surface area contributed by atoms with Crippen LogP contribution in [0.2, 0.25) is 0 Å². The number of hydrogen-bond donors (Lipinski definition) is 0. The molecule has 0 saturated heterocycles. The summed E-state index contributed by atoms with van der Waals surface area (Å²) in [5.74, 6) is -0.0336. The number of carbonyl (C=O) groups is 1. The maximum Gasteiger partial charge on any atom is 0.305 e. The highest BCUT2D eigenvalue weighted by molar-refractivity contribution is 7.91. The standard InChI is InChI=1S/C13H22N2O4S/c1-5-20(17,18)9-8-15-11(3)12(10(2)14-15)6-7-13(16)19-4/h5-9H2,1-4H3. The maximum atomic E-state index is 11.5. The van der Waals surface area contributed by atoms with Crippen LogP contribution < -0.4 is 0 Å². The molecule has 20 heavy (non-hydrogen) atoms. The topological polar surface area (TPSA) is 78.3 Å². The van der Waals surface area contributed by atoms with Gasteiger partial charge in [0.05, 0.1) is 25.1 Å². The van der Waals surface area contributed by atoms with Crippen molar-refractivity contribution in [3.05, 3.63) is 17.0 Å². The molecule has 7 heteroatoms. The summed E-state index contributed by atoms with van der Waals surface area (Å²) < 4.78 is 29.4. The third-order valence-electron chi connectivity index (χ3n) is 3.39. The third kappa shape index (κ3) is 4.33. The monoisotopic (exact) mass is 302 g/mol. The maximum absolute atomic E-state index is 11.5. The van der Waals surface area contributed by atoms with Gasteiger partial charge in [-0.25, -0.2) is 8.42 Å². The van der Waals surface area contributed by atoms with Crippen LogP contribution >= 0.6 is 0 Å². The zero-order valence-electron chi connectivity index (χ0n) is 12.5. The van der Waals surface area contributed by atoms with Crippen LogP contribution in [-0.4, -0.2) is 42.8 Å². The molecule has 0 saturated carbocycles. The first kappa shape index (κ1) is 16.7. The van der Waals surface area contributed by atoms with E-state index in [-0.39, 0.29) is 17.5 Å². The van der Waals surface area contributed by atoms with Crippen molar-refractivity contribution >= 4 is 15.8 Å². The van der Waals surface area contributed by atoms with Crippen molar-refractivity contribution in [1.29, 1.82) is 0 Å². The fourth-order valence-corrected chi connectivity index (χ4v) is 2.75. The summed E-state index contributed by atoms with van der Waals surface area (Å²) in [6, 6.07) is 0. The predicted octanol–water partition coefficient (Wildman–Crippen LogP) is 1.04. The number of methoxy groups -OCH3 is 1. The van der Waals surface area contributed by atoms with Crippen LogP contribution in [0.25, 0.3) is 0 Å². The second-order valence-electron chi connectivity index (χ2n) is 4.69. The average Bonchev–Trinajstić information content (AvgIpc) is 2.69. The summed E-state index contributed by atoms with van der Waals surface area (Å²) >= 11 is 0. The molecule has 0 spiro atoms. The first-order valence-corrected chi connectivity index (χ1v) is 8.43. The Labute approximate surface area is 120 Å². The predicted molar refractivity (Wildman–Crippen MR) is 76.4 cm³/mol. The number of aryl methyl sites for hydroxylation is 2. The Bertz CT molecular complexity index is 575. The first-order valence-electron chi connectivity index (χ1n) is 6.60. The van der Waals surface area contributed by atoms with Crippen LogP contribution in [0, 0.1) is 13.8 Å². The lowest BCUT2D eigenvalue weighted by Gasteiger charge is -2.05.